The molecule has 19 heavy (non-hydrogen) atoms. The van der Waals surface area contributed by atoms with Crippen molar-refractivity contribution >= 4 is 5.97 Å². The van der Waals surface area contributed by atoms with Crippen LogP contribution in [0.1, 0.15) is 26.2 Å². The van der Waals surface area contributed by atoms with E-state index in [0.717, 1.165) is 26.1 Å². The number of carboxylic acids is 1. The average molecular weight is 274 g/mol. The highest BCUT2D eigenvalue weighted by atomic mass is 16.5. The molecule has 3 N–H and O–H groups in total. The van der Waals surface area contributed by atoms with E-state index in [0.29, 0.717) is 12.8 Å². The molecule has 6 nitrogen and oxygen atoms in total. The highest BCUT2D eigenvalue weighted by Gasteiger charge is 2.34. The Bertz CT molecular complexity index is 288. The average Bonchev–Trinajstić information content (AvgIpc) is 2.80. The zero-order valence-electron chi connectivity index (χ0n) is 12.1. The van der Waals surface area contributed by atoms with Gasteiger partial charge in [0.1, 0.15) is 5.54 Å². The zero-order chi connectivity index (χ0) is 14.5. The van der Waals surface area contributed by atoms with E-state index in [1.54, 1.807) is 14.2 Å². The highest BCUT2D eigenvalue weighted by Crippen LogP contribution is 2.19. The van der Waals surface area contributed by atoms with Gasteiger partial charge in [-0.05, 0) is 25.8 Å². The fourth-order valence-electron chi connectivity index (χ4n) is 2.51. The number of nitrogens with two attached hydrogens (primary N) is 1. The zero-order valence-corrected chi connectivity index (χ0v) is 12.1. The molecule has 3 unspecified atom stereocenters. The quantitative estimate of drug-likeness (QED) is 0.662. The fraction of sp³-hybridized carbons (Fsp3) is 0.923. The van der Waals surface area contributed by atoms with Crippen molar-refractivity contribution in [3.05, 3.63) is 0 Å². The lowest BCUT2D eigenvalue weighted by Crippen LogP contribution is -2.47. The van der Waals surface area contributed by atoms with Gasteiger partial charge in [-0.1, -0.05) is 6.92 Å². The number of methoxy groups -OCH3 is 2. The summed E-state index contributed by atoms with van der Waals surface area (Å²) in [6.45, 7) is 4.29. The van der Waals surface area contributed by atoms with Gasteiger partial charge < -0.3 is 20.3 Å². The molecule has 0 aliphatic carbocycles. The Hall–Kier alpha value is -0.690. The summed E-state index contributed by atoms with van der Waals surface area (Å²) >= 11 is 0. The second-order valence-electron chi connectivity index (χ2n) is 5.23. The molecule has 1 rings (SSSR count). The van der Waals surface area contributed by atoms with Gasteiger partial charge in [-0.25, -0.2) is 0 Å². The van der Waals surface area contributed by atoms with Crippen molar-refractivity contribution in [3.8, 4) is 0 Å². The van der Waals surface area contributed by atoms with Crippen LogP contribution in [0.25, 0.3) is 0 Å². The number of hydrogen-bond donors (Lipinski definition) is 2. The smallest absolute Gasteiger partial charge is 0.323 e. The van der Waals surface area contributed by atoms with Crippen molar-refractivity contribution in [1.29, 1.82) is 0 Å². The summed E-state index contributed by atoms with van der Waals surface area (Å²) in [4.78, 5) is 13.3. The second-order valence-corrected chi connectivity index (χ2v) is 5.23. The molecule has 1 aliphatic rings. The topological polar surface area (TPSA) is 85.0 Å². The van der Waals surface area contributed by atoms with Gasteiger partial charge in [0.05, 0.1) is 12.2 Å². The number of aliphatic carboxylic acids is 1. The Labute approximate surface area is 114 Å². The minimum absolute atomic E-state index is 0.0956. The first kappa shape index (κ1) is 16.4. The van der Waals surface area contributed by atoms with Crippen molar-refractivity contribution in [1.82, 2.24) is 4.90 Å². The lowest BCUT2D eigenvalue weighted by atomic mass is 9.92. The molecule has 3 atom stereocenters. The van der Waals surface area contributed by atoms with E-state index in [1.165, 1.54) is 0 Å². The summed E-state index contributed by atoms with van der Waals surface area (Å²) in [5, 5.41) is 9.11. The van der Waals surface area contributed by atoms with Crippen LogP contribution in [-0.4, -0.2) is 67.6 Å². The Balaban J connectivity index is 2.36. The summed E-state index contributed by atoms with van der Waals surface area (Å²) in [6.07, 6.45) is 1.90. The summed E-state index contributed by atoms with van der Waals surface area (Å²) < 4.78 is 10.7. The first-order valence-corrected chi connectivity index (χ1v) is 6.77. The number of likely N-dealkylation sites (tertiary alicyclic amines) is 1. The minimum Gasteiger partial charge on any atom is -0.480 e. The van der Waals surface area contributed by atoms with Crippen LogP contribution >= 0.6 is 0 Å². The Kier molecular flexibility index (Phi) is 6.19. The van der Waals surface area contributed by atoms with Crippen LogP contribution in [0.2, 0.25) is 0 Å². The Morgan fingerprint density at radius 3 is 2.26 bits per heavy atom. The maximum atomic E-state index is 11.1. The van der Waals surface area contributed by atoms with Crippen LogP contribution in [0.4, 0.5) is 0 Å². The summed E-state index contributed by atoms with van der Waals surface area (Å²) in [5.74, 6) is -0.916. The molecular formula is C13H26N2O4. The summed E-state index contributed by atoms with van der Waals surface area (Å²) in [5.41, 5.74) is 4.77. The maximum Gasteiger partial charge on any atom is 0.323 e. The second kappa shape index (κ2) is 7.19. The molecule has 1 fully saturated rings. The number of ether oxygens (including phenoxy) is 2. The first-order chi connectivity index (χ1) is 8.96. The van der Waals surface area contributed by atoms with Gasteiger partial charge in [0.15, 0.2) is 0 Å². The highest BCUT2D eigenvalue weighted by molar-refractivity contribution is 5.78. The van der Waals surface area contributed by atoms with Gasteiger partial charge in [-0.2, -0.15) is 0 Å². The molecule has 0 aromatic carbocycles. The third-order valence-corrected chi connectivity index (χ3v) is 4.05. The van der Waals surface area contributed by atoms with E-state index in [9.17, 15) is 4.79 Å². The van der Waals surface area contributed by atoms with Gasteiger partial charge in [-0.3, -0.25) is 9.69 Å². The molecule has 0 aromatic rings. The van der Waals surface area contributed by atoms with Crippen molar-refractivity contribution < 1.29 is 19.4 Å². The minimum atomic E-state index is -1.10. The number of carbonyl (C=O) groups is 1. The lowest BCUT2D eigenvalue weighted by molar-refractivity contribution is -0.143. The predicted molar refractivity (Wildman–Crippen MR) is 72.1 cm³/mol. The van der Waals surface area contributed by atoms with E-state index in [2.05, 4.69) is 4.90 Å². The Morgan fingerprint density at radius 2 is 1.89 bits per heavy atom. The van der Waals surface area contributed by atoms with Crippen LogP contribution in [0.15, 0.2) is 0 Å². The number of hydrogen-bond acceptors (Lipinski definition) is 5. The normalized spacial score (nSPS) is 27.4. The predicted octanol–water partition coefficient (Wildman–Crippen LogP) is 0.304. The van der Waals surface area contributed by atoms with Crippen molar-refractivity contribution in [2.45, 2.75) is 43.9 Å². The standard InChI is InChI=1S/C13H26N2O4/c1-4-13(14,12(16)17)6-5-7-15-8-10(18-2)11(9-15)19-3/h10-11H,4-9,14H2,1-3H3,(H,16,17). The van der Waals surface area contributed by atoms with E-state index in [1.807, 2.05) is 6.92 Å². The van der Waals surface area contributed by atoms with Gasteiger partial charge in [0, 0.05) is 27.3 Å². The van der Waals surface area contributed by atoms with E-state index in [4.69, 9.17) is 20.3 Å². The molecular weight excluding hydrogens is 248 g/mol. The molecule has 1 heterocycles. The van der Waals surface area contributed by atoms with E-state index in [-0.39, 0.29) is 12.2 Å². The summed E-state index contributed by atoms with van der Waals surface area (Å²) in [7, 11) is 3.37. The SMILES string of the molecule is CCC(N)(CCCN1CC(OC)C(OC)C1)C(=O)O. The van der Waals surface area contributed by atoms with Gasteiger partial charge >= 0.3 is 5.97 Å². The molecule has 0 spiro atoms. The first-order valence-electron chi connectivity index (χ1n) is 6.77. The molecule has 0 radical (unpaired) electrons. The Morgan fingerprint density at radius 1 is 1.37 bits per heavy atom. The van der Waals surface area contributed by atoms with E-state index >= 15 is 0 Å². The third kappa shape index (κ3) is 4.14. The lowest BCUT2D eigenvalue weighted by Gasteiger charge is -2.24. The monoisotopic (exact) mass is 274 g/mol. The molecule has 0 amide bonds. The van der Waals surface area contributed by atoms with Gasteiger partial charge in [0.2, 0.25) is 0 Å². The van der Waals surface area contributed by atoms with Gasteiger partial charge in [0.25, 0.3) is 0 Å². The maximum absolute atomic E-state index is 11.1. The molecule has 1 saturated heterocycles. The van der Waals surface area contributed by atoms with Crippen molar-refractivity contribution in [2.24, 2.45) is 5.73 Å². The fourth-order valence-corrected chi connectivity index (χ4v) is 2.51. The summed E-state index contributed by atoms with van der Waals surface area (Å²) in [6, 6.07) is 0. The number of rotatable bonds is 8. The molecule has 6 heteroatoms. The largest absolute Gasteiger partial charge is 0.480 e. The molecule has 0 bridgehead atoms. The number of nitrogens with zero attached hydrogens (tertiary/aromatic N) is 1. The molecule has 1 aliphatic heterocycles. The van der Waals surface area contributed by atoms with Crippen molar-refractivity contribution in [3.63, 3.8) is 0 Å². The van der Waals surface area contributed by atoms with Gasteiger partial charge in [-0.15, -0.1) is 0 Å². The third-order valence-electron chi connectivity index (χ3n) is 4.05. The van der Waals surface area contributed by atoms with E-state index < -0.39 is 11.5 Å². The van der Waals surface area contributed by atoms with Crippen molar-refractivity contribution in [2.75, 3.05) is 33.9 Å². The van der Waals surface area contributed by atoms with Crippen LogP contribution in [0.5, 0.6) is 0 Å². The van der Waals surface area contributed by atoms with Crippen LogP contribution in [0.3, 0.4) is 0 Å². The molecule has 112 valence electrons. The van der Waals surface area contributed by atoms with Crippen LogP contribution < -0.4 is 5.73 Å². The van der Waals surface area contributed by atoms with Crippen LogP contribution in [-0.2, 0) is 14.3 Å². The number of carboxylic acid groups (broad SMARTS) is 1. The molecule has 0 saturated carbocycles. The van der Waals surface area contributed by atoms with Crippen LogP contribution in [0, 0.1) is 0 Å². The molecule has 0 aromatic heterocycles.